The van der Waals surface area contributed by atoms with E-state index in [2.05, 4.69) is 15.3 Å². The second-order valence-electron chi connectivity index (χ2n) is 5.46. The van der Waals surface area contributed by atoms with Crippen molar-refractivity contribution >= 4 is 29.0 Å². The first-order chi connectivity index (χ1) is 12.3. The van der Waals surface area contributed by atoms with E-state index in [0.717, 1.165) is 17.7 Å². The highest BCUT2D eigenvalue weighted by Crippen LogP contribution is 2.30. The highest BCUT2D eigenvalue weighted by Gasteiger charge is 2.30. The summed E-state index contributed by atoms with van der Waals surface area (Å²) >= 11 is 12.0. The molecule has 0 fully saturated rings. The second-order valence-corrected chi connectivity index (χ2v) is 6.28. The molecule has 0 spiro atoms. The van der Waals surface area contributed by atoms with E-state index >= 15 is 0 Å². The lowest BCUT2D eigenvalue weighted by Crippen LogP contribution is -2.05. The summed E-state index contributed by atoms with van der Waals surface area (Å²) in [6.45, 7) is 0.459. The molecule has 26 heavy (non-hydrogen) atoms. The van der Waals surface area contributed by atoms with Gasteiger partial charge in [0, 0.05) is 23.2 Å². The quantitative estimate of drug-likeness (QED) is 0.541. The average Bonchev–Trinajstić information content (AvgIpc) is 2.59. The minimum atomic E-state index is -4.39. The molecule has 8 heteroatoms. The van der Waals surface area contributed by atoms with Crippen LogP contribution in [0.3, 0.4) is 0 Å². The van der Waals surface area contributed by atoms with Gasteiger partial charge in [0.15, 0.2) is 5.82 Å². The largest absolute Gasteiger partial charge is 0.416 e. The molecular weight excluding hydrogens is 386 g/mol. The number of anilines is 1. The molecule has 0 radical (unpaired) electrons. The molecular formula is C18H12Cl2F3N3. The molecule has 134 valence electrons. The van der Waals surface area contributed by atoms with Crippen molar-refractivity contribution in [2.45, 2.75) is 12.7 Å². The van der Waals surface area contributed by atoms with E-state index in [1.54, 1.807) is 12.1 Å². The number of halogens is 5. The summed E-state index contributed by atoms with van der Waals surface area (Å²) < 4.78 is 38.0. The van der Waals surface area contributed by atoms with Crippen LogP contribution in [0.2, 0.25) is 10.2 Å². The number of rotatable bonds is 4. The zero-order valence-electron chi connectivity index (χ0n) is 13.2. The van der Waals surface area contributed by atoms with E-state index in [-0.39, 0.29) is 11.0 Å². The van der Waals surface area contributed by atoms with E-state index in [1.807, 2.05) is 18.2 Å². The van der Waals surface area contributed by atoms with Crippen LogP contribution in [0.5, 0.6) is 0 Å². The van der Waals surface area contributed by atoms with Crippen molar-refractivity contribution in [2.75, 3.05) is 5.32 Å². The number of benzene rings is 2. The number of aromatic nitrogens is 2. The Balaban J connectivity index is 1.81. The lowest BCUT2D eigenvalue weighted by atomic mass is 10.1. The minimum absolute atomic E-state index is 0.184. The van der Waals surface area contributed by atoms with Crippen molar-refractivity contribution in [1.29, 1.82) is 0 Å². The van der Waals surface area contributed by atoms with Gasteiger partial charge in [0.2, 0.25) is 0 Å². The van der Waals surface area contributed by atoms with Gasteiger partial charge in [-0.25, -0.2) is 9.97 Å². The van der Waals surface area contributed by atoms with Crippen LogP contribution in [0.15, 0.2) is 54.6 Å². The van der Waals surface area contributed by atoms with Gasteiger partial charge in [0.05, 0.1) is 5.56 Å². The Kier molecular flexibility index (Phi) is 5.34. The van der Waals surface area contributed by atoms with E-state index < -0.39 is 11.7 Å². The standard InChI is InChI=1S/C18H12Cl2F3N3/c19-14-3-1-2-11(8-14)10-24-16-9-15(20)25-17(26-16)12-4-6-13(7-5-12)18(21,22)23/h1-9H,10H2,(H,24,25,26). The highest BCUT2D eigenvalue weighted by atomic mass is 35.5. The topological polar surface area (TPSA) is 37.8 Å². The predicted molar refractivity (Wildman–Crippen MR) is 96.3 cm³/mol. The molecule has 0 aliphatic heterocycles. The molecule has 2 aromatic carbocycles. The van der Waals surface area contributed by atoms with Crippen LogP contribution < -0.4 is 5.32 Å². The van der Waals surface area contributed by atoms with Gasteiger partial charge in [-0.05, 0) is 29.8 Å². The van der Waals surface area contributed by atoms with Crippen molar-refractivity contribution in [3.63, 3.8) is 0 Å². The van der Waals surface area contributed by atoms with Crippen LogP contribution in [-0.4, -0.2) is 9.97 Å². The van der Waals surface area contributed by atoms with Gasteiger partial charge in [-0.3, -0.25) is 0 Å². The van der Waals surface area contributed by atoms with Gasteiger partial charge in [-0.15, -0.1) is 0 Å². The molecule has 0 saturated heterocycles. The minimum Gasteiger partial charge on any atom is -0.366 e. The van der Waals surface area contributed by atoms with Gasteiger partial charge in [-0.1, -0.05) is 47.5 Å². The number of nitrogens with zero attached hydrogens (tertiary/aromatic N) is 2. The fraction of sp³-hybridized carbons (Fsp3) is 0.111. The summed E-state index contributed by atoms with van der Waals surface area (Å²) in [5, 5.41) is 3.91. The summed E-state index contributed by atoms with van der Waals surface area (Å²) in [6.07, 6.45) is -4.39. The Labute approximate surface area is 157 Å². The Morgan fingerprint density at radius 2 is 1.65 bits per heavy atom. The Morgan fingerprint density at radius 3 is 2.31 bits per heavy atom. The number of hydrogen-bond acceptors (Lipinski definition) is 3. The maximum Gasteiger partial charge on any atom is 0.416 e. The molecule has 0 aliphatic rings. The first-order valence-corrected chi connectivity index (χ1v) is 8.27. The van der Waals surface area contributed by atoms with Crippen LogP contribution in [-0.2, 0) is 12.7 Å². The van der Waals surface area contributed by atoms with Gasteiger partial charge in [0.25, 0.3) is 0 Å². The van der Waals surface area contributed by atoms with Crippen LogP contribution >= 0.6 is 23.2 Å². The maximum atomic E-state index is 12.7. The van der Waals surface area contributed by atoms with Crippen LogP contribution in [0.1, 0.15) is 11.1 Å². The monoisotopic (exact) mass is 397 g/mol. The van der Waals surface area contributed by atoms with Crippen molar-refractivity contribution in [3.05, 3.63) is 75.9 Å². The Bertz CT molecular complexity index is 912. The molecule has 1 N–H and O–H groups in total. The maximum absolute atomic E-state index is 12.7. The molecule has 0 bridgehead atoms. The number of alkyl halides is 3. The van der Waals surface area contributed by atoms with Crippen molar-refractivity contribution in [1.82, 2.24) is 9.97 Å². The SMILES string of the molecule is FC(F)(F)c1ccc(-c2nc(Cl)cc(NCc3cccc(Cl)c3)n2)cc1. The van der Waals surface area contributed by atoms with Crippen LogP contribution in [0.4, 0.5) is 19.0 Å². The first kappa shape index (κ1) is 18.5. The van der Waals surface area contributed by atoms with Gasteiger partial charge < -0.3 is 5.32 Å². The molecule has 0 amide bonds. The number of nitrogens with one attached hydrogen (secondary N) is 1. The zero-order chi connectivity index (χ0) is 18.7. The lowest BCUT2D eigenvalue weighted by Gasteiger charge is -2.10. The third-order valence-corrected chi connectivity index (χ3v) is 3.96. The molecule has 0 aliphatic carbocycles. The Morgan fingerprint density at radius 1 is 0.923 bits per heavy atom. The molecule has 1 heterocycles. The van der Waals surface area contributed by atoms with E-state index in [4.69, 9.17) is 23.2 Å². The fourth-order valence-electron chi connectivity index (χ4n) is 2.29. The van der Waals surface area contributed by atoms with Crippen molar-refractivity contribution in [3.8, 4) is 11.4 Å². The van der Waals surface area contributed by atoms with Crippen LogP contribution in [0, 0.1) is 0 Å². The van der Waals surface area contributed by atoms with Crippen LogP contribution in [0.25, 0.3) is 11.4 Å². The molecule has 0 saturated carbocycles. The number of hydrogen-bond donors (Lipinski definition) is 1. The zero-order valence-corrected chi connectivity index (χ0v) is 14.7. The predicted octanol–water partition coefficient (Wildman–Crippen LogP) is 6.08. The smallest absolute Gasteiger partial charge is 0.366 e. The lowest BCUT2D eigenvalue weighted by molar-refractivity contribution is -0.137. The summed E-state index contributed by atoms with van der Waals surface area (Å²) in [5.74, 6) is 0.694. The van der Waals surface area contributed by atoms with Crippen molar-refractivity contribution in [2.24, 2.45) is 0 Å². The average molecular weight is 398 g/mol. The van der Waals surface area contributed by atoms with E-state index in [9.17, 15) is 13.2 Å². The summed E-state index contributed by atoms with van der Waals surface area (Å²) in [5.41, 5.74) is 0.650. The fourth-order valence-corrected chi connectivity index (χ4v) is 2.68. The molecule has 3 nitrogen and oxygen atoms in total. The highest BCUT2D eigenvalue weighted by molar-refractivity contribution is 6.30. The third-order valence-electron chi connectivity index (χ3n) is 3.53. The van der Waals surface area contributed by atoms with E-state index in [0.29, 0.717) is 22.9 Å². The summed E-state index contributed by atoms with van der Waals surface area (Å²) in [7, 11) is 0. The second kappa shape index (κ2) is 7.51. The van der Waals surface area contributed by atoms with Gasteiger partial charge in [-0.2, -0.15) is 13.2 Å². The Hall–Kier alpha value is -2.31. The first-order valence-electron chi connectivity index (χ1n) is 7.52. The molecule has 0 unspecified atom stereocenters. The third kappa shape index (κ3) is 4.65. The van der Waals surface area contributed by atoms with Gasteiger partial charge >= 0.3 is 6.18 Å². The molecule has 3 rings (SSSR count). The van der Waals surface area contributed by atoms with E-state index in [1.165, 1.54) is 12.1 Å². The van der Waals surface area contributed by atoms with Crippen molar-refractivity contribution < 1.29 is 13.2 Å². The molecule has 3 aromatic rings. The van der Waals surface area contributed by atoms with Gasteiger partial charge in [0.1, 0.15) is 11.0 Å². The summed E-state index contributed by atoms with van der Waals surface area (Å²) in [4.78, 5) is 8.39. The normalized spacial score (nSPS) is 11.4. The molecule has 1 aromatic heterocycles. The summed E-state index contributed by atoms with van der Waals surface area (Å²) in [6, 6.07) is 13.5. The molecule has 0 atom stereocenters.